The molecule has 0 fully saturated rings. The maximum atomic E-state index is 13.1. The van der Waals surface area contributed by atoms with Crippen LogP contribution in [-0.4, -0.2) is 18.3 Å². The molecule has 0 heterocycles. The van der Waals surface area contributed by atoms with Gasteiger partial charge in [-0.2, -0.15) is 0 Å². The highest BCUT2D eigenvalue weighted by Gasteiger charge is 2.08. The minimum absolute atomic E-state index is 0.0744. The second-order valence-electron chi connectivity index (χ2n) is 3.05. The Morgan fingerprint density at radius 2 is 2.14 bits per heavy atom. The van der Waals surface area contributed by atoms with Crippen molar-refractivity contribution in [3.63, 3.8) is 0 Å². The Hall–Kier alpha value is -1.09. The van der Waals surface area contributed by atoms with Gasteiger partial charge in [0.25, 0.3) is 0 Å². The third kappa shape index (κ3) is 2.70. The van der Waals surface area contributed by atoms with Crippen molar-refractivity contribution in [3.05, 3.63) is 35.5 Å². The van der Waals surface area contributed by atoms with Crippen LogP contribution in [0.15, 0.2) is 18.2 Å². The van der Waals surface area contributed by atoms with Gasteiger partial charge in [-0.25, -0.2) is 4.39 Å². The van der Waals surface area contributed by atoms with Crippen LogP contribution in [0.2, 0.25) is 0 Å². The first kappa shape index (κ1) is 11.0. The quantitative estimate of drug-likeness (QED) is 0.801. The van der Waals surface area contributed by atoms with Crippen molar-refractivity contribution in [2.45, 2.75) is 13.8 Å². The highest BCUT2D eigenvalue weighted by atomic mass is 19.1. The number of aliphatic hydroxyl groups is 1. The molecule has 77 valence electrons. The highest BCUT2D eigenvalue weighted by Crippen LogP contribution is 2.21. The molecular weight excluding hydrogens is 183 g/mol. The van der Waals surface area contributed by atoms with Gasteiger partial charge in [-0.05, 0) is 24.6 Å². The molecule has 0 atom stereocenters. The van der Waals surface area contributed by atoms with E-state index < -0.39 is 0 Å². The van der Waals surface area contributed by atoms with Crippen LogP contribution in [-0.2, 0) is 0 Å². The summed E-state index contributed by atoms with van der Waals surface area (Å²) in [5, 5.41) is 8.90. The number of benzene rings is 1. The molecule has 1 aromatic carbocycles. The Labute approximate surface area is 83.3 Å². The zero-order chi connectivity index (χ0) is 10.6. The molecular formula is C11H14FO2. The van der Waals surface area contributed by atoms with E-state index in [9.17, 15) is 4.39 Å². The van der Waals surface area contributed by atoms with Crippen molar-refractivity contribution < 1.29 is 14.2 Å². The Morgan fingerprint density at radius 3 is 2.71 bits per heavy atom. The Kier molecular flexibility index (Phi) is 3.89. The molecule has 1 radical (unpaired) electrons. The van der Waals surface area contributed by atoms with Gasteiger partial charge < -0.3 is 9.84 Å². The van der Waals surface area contributed by atoms with Gasteiger partial charge in [0, 0.05) is 12.0 Å². The van der Waals surface area contributed by atoms with Gasteiger partial charge in [0.2, 0.25) is 0 Å². The zero-order valence-electron chi connectivity index (χ0n) is 8.38. The lowest BCUT2D eigenvalue weighted by Crippen LogP contribution is -2.02. The number of hydrogen-bond acceptors (Lipinski definition) is 2. The first-order valence-corrected chi connectivity index (χ1v) is 4.54. The molecule has 0 aliphatic carbocycles. The van der Waals surface area contributed by atoms with Crippen molar-refractivity contribution >= 4 is 0 Å². The molecule has 0 aliphatic rings. The van der Waals surface area contributed by atoms with E-state index >= 15 is 0 Å². The zero-order valence-corrected chi connectivity index (χ0v) is 8.38. The van der Waals surface area contributed by atoms with Gasteiger partial charge in [0.15, 0.2) is 0 Å². The van der Waals surface area contributed by atoms with E-state index in [1.54, 1.807) is 13.0 Å². The molecule has 1 N–H and O–H groups in total. The summed E-state index contributed by atoms with van der Waals surface area (Å²) < 4.78 is 18.3. The second kappa shape index (κ2) is 4.96. The van der Waals surface area contributed by atoms with Crippen molar-refractivity contribution in [2.24, 2.45) is 0 Å². The van der Waals surface area contributed by atoms with Crippen LogP contribution in [0.25, 0.3) is 0 Å². The maximum Gasteiger partial charge on any atom is 0.127 e. The molecule has 1 rings (SSSR count). The lowest BCUT2D eigenvalue weighted by atomic mass is 10.0. The van der Waals surface area contributed by atoms with Gasteiger partial charge in [-0.15, -0.1) is 0 Å². The first-order chi connectivity index (χ1) is 6.67. The van der Waals surface area contributed by atoms with Crippen LogP contribution in [0.3, 0.4) is 0 Å². The van der Waals surface area contributed by atoms with Gasteiger partial charge in [-0.3, -0.25) is 0 Å². The van der Waals surface area contributed by atoms with E-state index in [1.807, 2.05) is 6.92 Å². The summed E-state index contributed by atoms with van der Waals surface area (Å²) in [7, 11) is 0. The van der Waals surface area contributed by atoms with E-state index in [2.05, 4.69) is 0 Å². The van der Waals surface area contributed by atoms with Crippen LogP contribution in [0.1, 0.15) is 19.4 Å². The Bertz CT molecular complexity index is 299. The van der Waals surface area contributed by atoms with Gasteiger partial charge in [0.05, 0.1) is 13.2 Å². The third-order valence-electron chi connectivity index (χ3n) is 1.91. The predicted molar refractivity (Wildman–Crippen MR) is 52.7 cm³/mol. The molecule has 2 nitrogen and oxygen atoms in total. The minimum atomic E-state index is -0.348. The SMILES string of the molecule is CCOc1cc(F)cc([C](C)CO)c1. The Morgan fingerprint density at radius 1 is 1.43 bits per heavy atom. The average Bonchev–Trinajstić information content (AvgIpc) is 2.16. The fourth-order valence-corrected chi connectivity index (χ4v) is 1.15. The smallest absolute Gasteiger partial charge is 0.127 e. The lowest BCUT2D eigenvalue weighted by Gasteiger charge is -2.10. The summed E-state index contributed by atoms with van der Waals surface area (Å²) in [4.78, 5) is 0. The third-order valence-corrected chi connectivity index (χ3v) is 1.91. The van der Waals surface area contributed by atoms with Crippen molar-refractivity contribution in [2.75, 3.05) is 13.2 Å². The standard InChI is InChI=1S/C11H14FO2/c1-3-14-11-5-9(8(2)7-13)4-10(12)6-11/h4-6,13H,3,7H2,1-2H3. The molecule has 3 heteroatoms. The molecule has 0 bridgehead atoms. The molecule has 0 saturated carbocycles. The summed E-state index contributed by atoms with van der Waals surface area (Å²) in [6.07, 6.45) is 0. The maximum absolute atomic E-state index is 13.1. The monoisotopic (exact) mass is 197 g/mol. The topological polar surface area (TPSA) is 29.5 Å². The summed E-state index contributed by atoms with van der Waals surface area (Å²) in [5.41, 5.74) is 0.677. The molecule has 0 spiro atoms. The van der Waals surface area contributed by atoms with Gasteiger partial charge in [-0.1, -0.05) is 6.92 Å². The molecule has 14 heavy (non-hydrogen) atoms. The molecule has 0 aliphatic heterocycles. The molecule has 0 unspecified atom stereocenters. The summed E-state index contributed by atoms with van der Waals surface area (Å²) in [6, 6.07) is 4.43. The summed E-state index contributed by atoms with van der Waals surface area (Å²) in [5.74, 6) is 0.875. The van der Waals surface area contributed by atoms with Crippen LogP contribution in [0, 0.1) is 11.7 Å². The second-order valence-corrected chi connectivity index (χ2v) is 3.05. The minimum Gasteiger partial charge on any atom is -0.494 e. The number of ether oxygens (including phenoxy) is 1. The number of halogens is 1. The van der Waals surface area contributed by atoms with E-state index in [0.717, 1.165) is 5.92 Å². The number of rotatable bonds is 4. The molecule has 0 saturated heterocycles. The van der Waals surface area contributed by atoms with Crippen LogP contribution in [0.5, 0.6) is 5.75 Å². The fraction of sp³-hybridized carbons (Fsp3) is 0.364. The van der Waals surface area contributed by atoms with E-state index in [1.165, 1.54) is 12.1 Å². The van der Waals surface area contributed by atoms with E-state index in [0.29, 0.717) is 17.9 Å². The van der Waals surface area contributed by atoms with E-state index in [-0.39, 0.29) is 12.4 Å². The number of aliphatic hydroxyl groups excluding tert-OH is 1. The van der Waals surface area contributed by atoms with Crippen molar-refractivity contribution in [3.8, 4) is 5.75 Å². The highest BCUT2D eigenvalue weighted by molar-refractivity contribution is 5.37. The lowest BCUT2D eigenvalue weighted by molar-refractivity contribution is 0.313. The van der Waals surface area contributed by atoms with E-state index in [4.69, 9.17) is 9.84 Å². The summed E-state index contributed by atoms with van der Waals surface area (Å²) >= 11 is 0. The summed E-state index contributed by atoms with van der Waals surface area (Å²) in [6.45, 7) is 4.02. The average molecular weight is 197 g/mol. The normalized spacial score (nSPS) is 10.6. The Balaban J connectivity index is 2.94. The van der Waals surface area contributed by atoms with Crippen molar-refractivity contribution in [1.29, 1.82) is 0 Å². The molecule has 0 aromatic heterocycles. The first-order valence-electron chi connectivity index (χ1n) is 4.54. The van der Waals surface area contributed by atoms with Crippen LogP contribution < -0.4 is 4.74 Å². The van der Waals surface area contributed by atoms with Gasteiger partial charge in [0.1, 0.15) is 11.6 Å². The predicted octanol–water partition coefficient (Wildman–Crippen LogP) is 2.16. The largest absolute Gasteiger partial charge is 0.494 e. The van der Waals surface area contributed by atoms with Gasteiger partial charge >= 0.3 is 0 Å². The van der Waals surface area contributed by atoms with Crippen LogP contribution >= 0.6 is 0 Å². The molecule has 1 aromatic rings. The van der Waals surface area contributed by atoms with Crippen molar-refractivity contribution in [1.82, 2.24) is 0 Å². The molecule has 0 amide bonds. The fourth-order valence-electron chi connectivity index (χ4n) is 1.15. The van der Waals surface area contributed by atoms with Crippen LogP contribution in [0.4, 0.5) is 4.39 Å². The number of hydrogen-bond donors (Lipinski definition) is 1.